The summed E-state index contributed by atoms with van der Waals surface area (Å²) in [5.41, 5.74) is 7.50. The third-order valence-electron chi connectivity index (χ3n) is 3.11. The second kappa shape index (κ2) is 6.47. The maximum Gasteiger partial charge on any atom is 0.242 e. The van der Waals surface area contributed by atoms with Gasteiger partial charge in [0.05, 0.1) is 4.90 Å². The highest BCUT2D eigenvalue weighted by molar-refractivity contribution is 7.89. The average Bonchev–Trinajstić information content (AvgIpc) is 2.35. The van der Waals surface area contributed by atoms with Gasteiger partial charge in [0.2, 0.25) is 10.0 Å². The quantitative estimate of drug-likeness (QED) is 0.833. The van der Waals surface area contributed by atoms with Crippen molar-refractivity contribution in [3.8, 4) is 0 Å². The van der Waals surface area contributed by atoms with E-state index in [1.54, 1.807) is 25.2 Å². The highest BCUT2D eigenvalue weighted by Gasteiger charge is 2.21. The molecule has 6 heteroatoms. The fourth-order valence-corrected chi connectivity index (χ4v) is 2.88. The molecular formula is C13H23N3O2S. The zero-order chi connectivity index (χ0) is 14.6. The van der Waals surface area contributed by atoms with Crippen LogP contribution < -0.4 is 5.73 Å². The van der Waals surface area contributed by atoms with Gasteiger partial charge in [0, 0.05) is 26.7 Å². The minimum Gasteiger partial charge on any atom is -0.326 e. The number of sulfonamides is 1. The predicted octanol–water partition coefficient (Wildman–Crippen LogP) is 0.636. The smallest absolute Gasteiger partial charge is 0.242 e. The number of hydrogen-bond donors (Lipinski definition) is 1. The van der Waals surface area contributed by atoms with Crippen molar-refractivity contribution in [2.75, 3.05) is 34.2 Å². The van der Waals surface area contributed by atoms with Gasteiger partial charge < -0.3 is 10.6 Å². The highest BCUT2D eigenvalue weighted by Crippen LogP contribution is 2.18. The zero-order valence-electron chi connectivity index (χ0n) is 12.0. The Morgan fingerprint density at radius 3 is 2.32 bits per heavy atom. The molecule has 1 aromatic carbocycles. The largest absolute Gasteiger partial charge is 0.326 e. The second-order valence-electron chi connectivity index (χ2n) is 4.92. The third-order valence-corrected chi connectivity index (χ3v) is 4.96. The third kappa shape index (κ3) is 4.01. The van der Waals surface area contributed by atoms with E-state index in [0.717, 1.165) is 11.1 Å². The van der Waals surface area contributed by atoms with Crippen molar-refractivity contribution in [3.05, 3.63) is 29.3 Å². The number of aryl methyl sites for hydroxylation is 1. The second-order valence-corrected chi connectivity index (χ2v) is 6.97. The number of nitrogens with zero attached hydrogens (tertiary/aromatic N) is 2. The van der Waals surface area contributed by atoms with Gasteiger partial charge in [-0.2, -0.15) is 4.31 Å². The first kappa shape index (κ1) is 16.1. The Hall–Kier alpha value is -0.950. The lowest BCUT2D eigenvalue weighted by Gasteiger charge is -2.20. The Morgan fingerprint density at radius 1 is 1.16 bits per heavy atom. The van der Waals surface area contributed by atoms with Crippen molar-refractivity contribution in [3.63, 3.8) is 0 Å². The first-order valence-corrected chi connectivity index (χ1v) is 7.63. The van der Waals surface area contributed by atoms with Crippen LogP contribution in [0.25, 0.3) is 0 Å². The summed E-state index contributed by atoms with van der Waals surface area (Å²) < 4.78 is 26.2. The maximum atomic E-state index is 12.4. The molecule has 0 fully saturated rings. The highest BCUT2D eigenvalue weighted by atomic mass is 32.2. The zero-order valence-corrected chi connectivity index (χ0v) is 12.9. The van der Waals surface area contributed by atoms with Crippen molar-refractivity contribution >= 4 is 10.0 Å². The molecule has 2 N–H and O–H groups in total. The van der Waals surface area contributed by atoms with E-state index in [9.17, 15) is 8.42 Å². The molecule has 5 nitrogen and oxygen atoms in total. The van der Waals surface area contributed by atoms with Crippen LogP contribution in [0.15, 0.2) is 23.1 Å². The summed E-state index contributed by atoms with van der Waals surface area (Å²) in [6, 6.07) is 5.10. The Kier molecular flexibility index (Phi) is 5.49. The fourth-order valence-electron chi connectivity index (χ4n) is 1.67. The Morgan fingerprint density at radius 2 is 1.79 bits per heavy atom. The van der Waals surface area contributed by atoms with Gasteiger partial charge in [0.25, 0.3) is 0 Å². The topological polar surface area (TPSA) is 66.6 Å². The molecule has 1 rings (SSSR count). The van der Waals surface area contributed by atoms with Crippen LogP contribution in [0.3, 0.4) is 0 Å². The first-order chi connectivity index (χ1) is 8.78. The molecule has 0 unspecified atom stereocenters. The lowest BCUT2D eigenvalue weighted by molar-refractivity contribution is 0.358. The maximum absolute atomic E-state index is 12.4. The van der Waals surface area contributed by atoms with Crippen LogP contribution in [-0.2, 0) is 16.6 Å². The van der Waals surface area contributed by atoms with Gasteiger partial charge in [-0.25, -0.2) is 8.42 Å². The van der Waals surface area contributed by atoms with Crippen LogP contribution in [0.1, 0.15) is 11.1 Å². The molecule has 0 bridgehead atoms. The molecule has 0 aliphatic carbocycles. The number of likely N-dealkylation sites (N-methyl/N-ethyl adjacent to an activating group) is 2. The van der Waals surface area contributed by atoms with Gasteiger partial charge in [-0.15, -0.1) is 0 Å². The fraction of sp³-hybridized carbons (Fsp3) is 0.538. The Labute approximate surface area is 116 Å². The van der Waals surface area contributed by atoms with E-state index < -0.39 is 10.0 Å². The van der Waals surface area contributed by atoms with Gasteiger partial charge in [-0.05, 0) is 44.3 Å². The molecule has 0 aliphatic rings. The van der Waals surface area contributed by atoms with Gasteiger partial charge in [0.15, 0.2) is 0 Å². The van der Waals surface area contributed by atoms with E-state index in [0.29, 0.717) is 24.5 Å². The molecule has 19 heavy (non-hydrogen) atoms. The molecule has 0 saturated carbocycles. The van der Waals surface area contributed by atoms with Gasteiger partial charge in [0.1, 0.15) is 0 Å². The number of nitrogens with two attached hydrogens (primary N) is 1. The lowest BCUT2D eigenvalue weighted by atomic mass is 10.1. The standard InChI is InChI=1S/C13H23N3O2S/c1-11-5-6-13(9-12(11)10-14)19(17,18)16(4)8-7-15(2)3/h5-6,9H,7-8,10,14H2,1-4H3. The van der Waals surface area contributed by atoms with Crippen molar-refractivity contribution in [1.29, 1.82) is 0 Å². The number of rotatable bonds is 6. The van der Waals surface area contributed by atoms with E-state index in [1.807, 2.05) is 25.9 Å². The van der Waals surface area contributed by atoms with Gasteiger partial charge in [-0.3, -0.25) is 0 Å². The van der Waals surface area contributed by atoms with Gasteiger partial charge >= 0.3 is 0 Å². The summed E-state index contributed by atoms with van der Waals surface area (Å²) in [5.74, 6) is 0. The number of hydrogen-bond acceptors (Lipinski definition) is 4. The SMILES string of the molecule is Cc1ccc(S(=O)(=O)N(C)CCN(C)C)cc1CN. The molecule has 108 valence electrons. The van der Waals surface area contributed by atoms with E-state index in [2.05, 4.69) is 0 Å². The summed E-state index contributed by atoms with van der Waals surface area (Å²) in [4.78, 5) is 2.26. The van der Waals surface area contributed by atoms with E-state index >= 15 is 0 Å². The summed E-state index contributed by atoms with van der Waals surface area (Å²) in [6.07, 6.45) is 0. The Balaban J connectivity index is 2.99. The summed E-state index contributed by atoms with van der Waals surface area (Å²) in [7, 11) is 2.00. The Bertz CT molecular complexity index is 527. The minimum atomic E-state index is -3.43. The van der Waals surface area contributed by atoms with Crippen molar-refractivity contribution in [2.24, 2.45) is 5.73 Å². The van der Waals surface area contributed by atoms with Crippen LogP contribution in [0.2, 0.25) is 0 Å². The molecular weight excluding hydrogens is 262 g/mol. The first-order valence-electron chi connectivity index (χ1n) is 6.19. The molecule has 1 aromatic rings. The van der Waals surface area contributed by atoms with Crippen LogP contribution in [0.5, 0.6) is 0 Å². The van der Waals surface area contributed by atoms with Crippen molar-refractivity contribution < 1.29 is 8.42 Å². The predicted molar refractivity (Wildman–Crippen MR) is 77.4 cm³/mol. The lowest BCUT2D eigenvalue weighted by Crippen LogP contribution is -2.33. The van der Waals surface area contributed by atoms with E-state index in [1.165, 1.54) is 4.31 Å². The van der Waals surface area contributed by atoms with Crippen molar-refractivity contribution in [2.45, 2.75) is 18.4 Å². The minimum absolute atomic E-state index is 0.305. The molecule has 0 saturated heterocycles. The van der Waals surface area contributed by atoms with Crippen LogP contribution in [0.4, 0.5) is 0 Å². The molecule has 0 aliphatic heterocycles. The molecule has 0 aromatic heterocycles. The van der Waals surface area contributed by atoms with Crippen LogP contribution >= 0.6 is 0 Å². The van der Waals surface area contributed by atoms with Crippen LogP contribution in [-0.4, -0.2) is 51.9 Å². The summed E-state index contributed by atoms with van der Waals surface area (Å²) in [6.45, 7) is 3.41. The van der Waals surface area contributed by atoms with Crippen molar-refractivity contribution in [1.82, 2.24) is 9.21 Å². The molecule has 0 heterocycles. The number of benzene rings is 1. The van der Waals surface area contributed by atoms with Crippen LogP contribution in [0, 0.1) is 6.92 Å². The summed E-state index contributed by atoms with van der Waals surface area (Å²) >= 11 is 0. The molecule has 0 atom stereocenters. The molecule has 0 amide bonds. The molecule has 0 radical (unpaired) electrons. The molecule has 0 spiro atoms. The average molecular weight is 285 g/mol. The summed E-state index contributed by atoms with van der Waals surface area (Å²) in [5, 5.41) is 0. The monoisotopic (exact) mass is 285 g/mol. The van der Waals surface area contributed by atoms with Gasteiger partial charge in [-0.1, -0.05) is 6.07 Å². The van der Waals surface area contributed by atoms with E-state index in [4.69, 9.17) is 5.73 Å². The van der Waals surface area contributed by atoms with E-state index in [-0.39, 0.29) is 0 Å². The normalized spacial score (nSPS) is 12.4.